The van der Waals surface area contributed by atoms with Gasteiger partial charge in [-0.05, 0) is 30.4 Å². The molecule has 0 bridgehead atoms. The minimum Gasteiger partial charge on any atom is -0.396 e. The van der Waals surface area contributed by atoms with E-state index in [4.69, 9.17) is 9.84 Å². The molecule has 14 heavy (non-hydrogen) atoms. The topological polar surface area (TPSA) is 29.5 Å². The average molecular weight is 192 g/mol. The molecule has 1 aromatic carbocycles. The van der Waals surface area contributed by atoms with Crippen LogP contribution in [0.25, 0.3) is 0 Å². The van der Waals surface area contributed by atoms with Crippen molar-refractivity contribution in [3.63, 3.8) is 0 Å². The van der Waals surface area contributed by atoms with Gasteiger partial charge in [0.05, 0.1) is 12.7 Å². The first-order valence-corrected chi connectivity index (χ1v) is 5.22. The van der Waals surface area contributed by atoms with Gasteiger partial charge in [0.15, 0.2) is 0 Å². The Balaban J connectivity index is 2.14. The highest BCUT2D eigenvalue weighted by atomic mass is 16.5. The summed E-state index contributed by atoms with van der Waals surface area (Å²) in [5.74, 6) is 0. The molecule has 2 nitrogen and oxygen atoms in total. The third-order valence-electron chi connectivity index (χ3n) is 2.72. The third-order valence-corrected chi connectivity index (χ3v) is 2.72. The molecule has 0 aromatic heterocycles. The second kappa shape index (κ2) is 4.58. The normalized spacial score (nSPS) is 20.5. The minimum absolute atomic E-state index is 0.201. The Labute approximate surface area is 84.5 Å². The van der Waals surface area contributed by atoms with Crippen LogP contribution in [0.3, 0.4) is 0 Å². The van der Waals surface area contributed by atoms with Crippen LogP contribution in [0.5, 0.6) is 0 Å². The molecule has 76 valence electrons. The Morgan fingerprint density at radius 3 is 3.07 bits per heavy atom. The quantitative estimate of drug-likeness (QED) is 0.794. The largest absolute Gasteiger partial charge is 0.396 e. The number of rotatable bonds is 3. The summed E-state index contributed by atoms with van der Waals surface area (Å²) in [5, 5.41) is 8.79. The van der Waals surface area contributed by atoms with Crippen molar-refractivity contribution >= 4 is 0 Å². The molecule has 0 saturated heterocycles. The number of ether oxygens (including phenoxy) is 1. The standard InChI is InChI=1S/C12H16O2/c13-8-3-6-12-11-5-2-1-4-10(11)7-9-14-12/h1-2,4-5,12-13H,3,6-9H2/t12-/m0/s1. The number of hydrogen-bond acceptors (Lipinski definition) is 2. The van der Waals surface area contributed by atoms with E-state index >= 15 is 0 Å². The Morgan fingerprint density at radius 2 is 2.21 bits per heavy atom. The fourth-order valence-electron chi connectivity index (χ4n) is 1.99. The maximum absolute atomic E-state index is 8.79. The van der Waals surface area contributed by atoms with Crippen molar-refractivity contribution < 1.29 is 9.84 Å². The van der Waals surface area contributed by atoms with E-state index in [1.165, 1.54) is 11.1 Å². The average Bonchev–Trinajstić information content (AvgIpc) is 2.26. The summed E-state index contributed by atoms with van der Waals surface area (Å²) in [5.41, 5.74) is 2.72. The van der Waals surface area contributed by atoms with Crippen molar-refractivity contribution in [1.29, 1.82) is 0 Å². The van der Waals surface area contributed by atoms with Crippen LogP contribution in [-0.4, -0.2) is 18.3 Å². The number of hydrogen-bond donors (Lipinski definition) is 1. The third kappa shape index (κ3) is 1.97. The lowest BCUT2D eigenvalue weighted by Crippen LogP contribution is -2.16. The van der Waals surface area contributed by atoms with E-state index in [1.54, 1.807) is 0 Å². The SMILES string of the molecule is OCCC[C@@H]1OCCc2ccccc21. The summed E-state index contributed by atoms with van der Waals surface area (Å²) in [7, 11) is 0. The summed E-state index contributed by atoms with van der Waals surface area (Å²) >= 11 is 0. The summed E-state index contributed by atoms with van der Waals surface area (Å²) in [6.07, 6.45) is 2.96. The van der Waals surface area contributed by atoms with Crippen molar-refractivity contribution in [2.45, 2.75) is 25.4 Å². The van der Waals surface area contributed by atoms with Gasteiger partial charge in [-0.3, -0.25) is 0 Å². The Morgan fingerprint density at radius 1 is 1.36 bits per heavy atom. The van der Waals surface area contributed by atoms with Gasteiger partial charge in [-0.1, -0.05) is 24.3 Å². The molecule has 0 unspecified atom stereocenters. The minimum atomic E-state index is 0.201. The predicted molar refractivity (Wildman–Crippen MR) is 55.2 cm³/mol. The van der Waals surface area contributed by atoms with E-state index in [0.29, 0.717) is 0 Å². The zero-order valence-corrected chi connectivity index (χ0v) is 8.28. The monoisotopic (exact) mass is 192 g/mol. The van der Waals surface area contributed by atoms with Crippen LogP contribution in [0, 0.1) is 0 Å². The molecule has 0 saturated carbocycles. The first-order valence-electron chi connectivity index (χ1n) is 5.22. The molecular formula is C12H16O2. The van der Waals surface area contributed by atoms with E-state index in [2.05, 4.69) is 24.3 Å². The maximum Gasteiger partial charge on any atom is 0.0828 e. The van der Waals surface area contributed by atoms with E-state index in [1.807, 2.05) is 0 Å². The lowest BCUT2D eigenvalue weighted by molar-refractivity contribution is 0.0321. The molecule has 2 heteroatoms. The van der Waals surface area contributed by atoms with Crippen LogP contribution in [0.4, 0.5) is 0 Å². The van der Waals surface area contributed by atoms with Crippen molar-refractivity contribution in [3.8, 4) is 0 Å². The van der Waals surface area contributed by atoms with Gasteiger partial charge < -0.3 is 9.84 Å². The number of aliphatic hydroxyl groups is 1. The van der Waals surface area contributed by atoms with Gasteiger partial charge in [0.1, 0.15) is 0 Å². The zero-order valence-electron chi connectivity index (χ0n) is 8.28. The van der Waals surface area contributed by atoms with Crippen molar-refractivity contribution in [2.75, 3.05) is 13.2 Å². The molecule has 1 N–H and O–H groups in total. The lowest BCUT2D eigenvalue weighted by Gasteiger charge is -2.25. The summed E-state index contributed by atoms with van der Waals surface area (Å²) in [6, 6.07) is 8.44. The predicted octanol–water partition coefficient (Wildman–Crippen LogP) is 2.07. The zero-order chi connectivity index (χ0) is 9.80. The van der Waals surface area contributed by atoms with E-state index < -0.39 is 0 Å². The van der Waals surface area contributed by atoms with Crippen molar-refractivity contribution in [3.05, 3.63) is 35.4 Å². The van der Waals surface area contributed by atoms with Gasteiger partial charge >= 0.3 is 0 Å². The highest BCUT2D eigenvalue weighted by Crippen LogP contribution is 2.29. The first kappa shape index (κ1) is 9.69. The Hall–Kier alpha value is -0.860. The summed E-state index contributed by atoms with van der Waals surface area (Å²) < 4.78 is 5.70. The molecule has 0 fully saturated rings. The van der Waals surface area contributed by atoms with Crippen LogP contribution in [0.2, 0.25) is 0 Å². The molecule has 0 radical (unpaired) electrons. The number of benzene rings is 1. The molecule has 2 rings (SSSR count). The van der Waals surface area contributed by atoms with Crippen LogP contribution in [-0.2, 0) is 11.2 Å². The lowest BCUT2D eigenvalue weighted by atomic mass is 9.95. The molecule has 1 aromatic rings. The van der Waals surface area contributed by atoms with Crippen LogP contribution >= 0.6 is 0 Å². The first-order chi connectivity index (χ1) is 6.92. The highest BCUT2D eigenvalue weighted by Gasteiger charge is 2.19. The van der Waals surface area contributed by atoms with Crippen molar-refractivity contribution in [1.82, 2.24) is 0 Å². The van der Waals surface area contributed by atoms with Gasteiger partial charge in [-0.25, -0.2) is 0 Å². The van der Waals surface area contributed by atoms with Crippen LogP contribution in [0.15, 0.2) is 24.3 Å². The van der Waals surface area contributed by atoms with Gasteiger partial charge in [-0.2, -0.15) is 0 Å². The van der Waals surface area contributed by atoms with E-state index in [0.717, 1.165) is 25.9 Å². The highest BCUT2D eigenvalue weighted by molar-refractivity contribution is 5.30. The van der Waals surface area contributed by atoms with Crippen molar-refractivity contribution in [2.24, 2.45) is 0 Å². The maximum atomic E-state index is 8.79. The van der Waals surface area contributed by atoms with Gasteiger partial charge in [0.2, 0.25) is 0 Å². The van der Waals surface area contributed by atoms with Gasteiger partial charge in [0.25, 0.3) is 0 Å². The molecule has 0 spiro atoms. The molecule has 0 amide bonds. The molecule has 1 atom stereocenters. The number of aliphatic hydroxyl groups excluding tert-OH is 1. The summed E-state index contributed by atoms with van der Waals surface area (Å²) in [4.78, 5) is 0. The second-order valence-corrected chi connectivity index (χ2v) is 3.67. The van der Waals surface area contributed by atoms with Gasteiger partial charge in [0, 0.05) is 6.61 Å². The van der Waals surface area contributed by atoms with Crippen LogP contribution in [0.1, 0.15) is 30.1 Å². The van der Waals surface area contributed by atoms with Crippen LogP contribution < -0.4 is 0 Å². The Bertz CT molecular complexity index is 296. The van der Waals surface area contributed by atoms with Gasteiger partial charge in [-0.15, -0.1) is 0 Å². The Kier molecular flexibility index (Phi) is 3.17. The van der Waals surface area contributed by atoms with E-state index in [-0.39, 0.29) is 12.7 Å². The molecule has 1 aliphatic rings. The molecule has 1 aliphatic heterocycles. The van der Waals surface area contributed by atoms with E-state index in [9.17, 15) is 0 Å². The fourth-order valence-corrected chi connectivity index (χ4v) is 1.99. The fraction of sp³-hybridized carbons (Fsp3) is 0.500. The molecule has 1 heterocycles. The molecular weight excluding hydrogens is 176 g/mol. The number of fused-ring (bicyclic) bond motifs is 1. The second-order valence-electron chi connectivity index (χ2n) is 3.67. The molecule has 0 aliphatic carbocycles. The smallest absolute Gasteiger partial charge is 0.0828 e. The summed E-state index contributed by atoms with van der Waals surface area (Å²) in [6.45, 7) is 1.06.